The van der Waals surface area contributed by atoms with Gasteiger partial charge in [0.15, 0.2) is 5.50 Å². The molecule has 0 radical (unpaired) electrons. The third-order valence-electron chi connectivity index (χ3n) is 2.07. The Bertz CT molecular complexity index is 304. The Kier molecular flexibility index (Phi) is 4.14. The predicted molar refractivity (Wildman–Crippen MR) is 54.9 cm³/mol. The molecule has 1 unspecified atom stereocenters. The van der Waals surface area contributed by atoms with Crippen molar-refractivity contribution in [1.82, 2.24) is 10.1 Å². The average molecular weight is 233 g/mol. The number of hydroxylamine groups is 4. The number of alkyl halides is 1. The maximum Gasteiger partial charge on any atom is 0.250 e. The molecule has 15 heavy (non-hydrogen) atoms. The Morgan fingerprint density at radius 2 is 2.47 bits per heavy atom. The summed E-state index contributed by atoms with van der Waals surface area (Å²) in [5, 5.41) is 11.2. The Balaban J connectivity index is 2.62. The molecule has 0 aromatic carbocycles. The summed E-state index contributed by atoms with van der Waals surface area (Å²) in [6.45, 7) is 0. The number of allylic oxidation sites excluding steroid dienone is 2. The van der Waals surface area contributed by atoms with Crippen LogP contribution in [0.2, 0.25) is 0 Å². The van der Waals surface area contributed by atoms with Gasteiger partial charge in [0.05, 0.1) is 13.5 Å². The quantitative estimate of drug-likeness (QED) is 0.450. The molecular formula is C9H13ClN2O3. The van der Waals surface area contributed by atoms with Crippen molar-refractivity contribution in [1.29, 1.82) is 0 Å². The van der Waals surface area contributed by atoms with Crippen molar-refractivity contribution in [2.24, 2.45) is 0 Å². The van der Waals surface area contributed by atoms with Crippen LogP contribution in [-0.2, 0) is 9.63 Å². The summed E-state index contributed by atoms with van der Waals surface area (Å²) in [7, 11) is 2.92. The lowest BCUT2D eigenvalue weighted by Gasteiger charge is -2.24. The van der Waals surface area contributed by atoms with E-state index in [0.717, 1.165) is 10.1 Å². The van der Waals surface area contributed by atoms with Crippen LogP contribution in [0.3, 0.4) is 0 Å². The Hall–Kier alpha value is -1.04. The highest BCUT2D eigenvalue weighted by Gasteiger charge is 2.22. The van der Waals surface area contributed by atoms with Crippen molar-refractivity contribution < 1.29 is 14.8 Å². The molecule has 1 atom stereocenters. The van der Waals surface area contributed by atoms with Crippen LogP contribution in [0.25, 0.3) is 0 Å². The zero-order valence-electron chi connectivity index (χ0n) is 8.55. The van der Waals surface area contributed by atoms with Gasteiger partial charge in [-0.3, -0.25) is 14.8 Å². The second-order valence-corrected chi connectivity index (χ2v) is 3.46. The average Bonchev–Trinajstić information content (AvgIpc) is 2.23. The van der Waals surface area contributed by atoms with Crippen LogP contribution >= 0.6 is 11.6 Å². The fraction of sp³-hybridized carbons (Fsp3) is 0.444. The molecule has 1 amide bonds. The van der Waals surface area contributed by atoms with Gasteiger partial charge in [-0.1, -0.05) is 17.7 Å². The molecule has 1 rings (SSSR count). The van der Waals surface area contributed by atoms with E-state index in [0.29, 0.717) is 5.57 Å². The third kappa shape index (κ3) is 2.95. The fourth-order valence-electron chi connectivity index (χ4n) is 1.11. The van der Waals surface area contributed by atoms with Crippen molar-refractivity contribution in [2.45, 2.75) is 11.9 Å². The highest BCUT2D eigenvalue weighted by atomic mass is 35.5. The first-order valence-corrected chi connectivity index (χ1v) is 4.79. The summed E-state index contributed by atoms with van der Waals surface area (Å²) in [6.07, 6.45) is 4.85. The van der Waals surface area contributed by atoms with Crippen molar-refractivity contribution in [3.8, 4) is 0 Å². The normalized spacial score (nSPS) is 20.1. The molecule has 1 heterocycles. The number of carbonyl (C=O) groups is 1. The maximum atomic E-state index is 11.5. The molecular weight excluding hydrogens is 220 g/mol. The van der Waals surface area contributed by atoms with Crippen molar-refractivity contribution in [2.75, 3.05) is 14.2 Å². The van der Waals surface area contributed by atoms with Crippen LogP contribution in [0.15, 0.2) is 23.9 Å². The second kappa shape index (κ2) is 5.16. The van der Waals surface area contributed by atoms with E-state index in [1.165, 1.54) is 20.4 Å². The van der Waals surface area contributed by atoms with Gasteiger partial charge < -0.3 is 0 Å². The van der Waals surface area contributed by atoms with Gasteiger partial charge in [0.2, 0.25) is 5.91 Å². The molecule has 0 fully saturated rings. The maximum absolute atomic E-state index is 11.5. The van der Waals surface area contributed by atoms with E-state index < -0.39 is 5.50 Å². The van der Waals surface area contributed by atoms with Crippen molar-refractivity contribution in [3.63, 3.8) is 0 Å². The van der Waals surface area contributed by atoms with Crippen LogP contribution < -0.4 is 0 Å². The fourth-order valence-corrected chi connectivity index (χ4v) is 1.33. The topological polar surface area (TPSA) is 53.0 Å². The summed E-state index contributed by atoms with van der Waals surface area (Å²) in [5.74, 6) is -0.224. The standard InChI is InChI=1S/C9H13ClN2O3/c1-11(15-2)8(13)6-7-4-3-5-12(14)9(7)10/h3-5,9,14H,6H2,1-2H3. The highest BCUT2D eigenvalue weighted by Crippen LogP contribution is 2.21. The predicted octanol–water partition coefficient (Wildman–Crippen LogP) is 1.11. The number of amides is 1. The lowest BCUT2D eigenvalue weighted by atomic mass is 10.1. The summed E-state index contributed by atoms with van der Waals surface area (Å²) in [4.78, 5) is 16.2. The van der Waals surface area contributed by atoms with E-state index in [4.69, 9.17) is 16.4 Å². The Morgan fingerprint density at radius 3 is 3.07 bits per heavy atom. The minimum Gasteiger partial charge on any atom is -0.287 e. The first kappa shape index (κ1) is 12.0. The number of nitrogens with zero attached hydrogens (tertiary/aromatic N) is 2. The number of rotatable bonds is 3. The van der Waals surface area contributed by atoms with Gasteiger partial charge in [-0.25, -0.2) is 10.1 Å². The molecule has 0 aromatic rings. The van der Waals surface area contributed by atoms with Gasteiger partial charge in [-0.2, -0.15) is 0 Å². The van der Waals surface area contributed by atoms with Crippen LogP contribution in [-0.4, -0.2) is 40.9 Å². The number of hydrogen-bond acceptors (Lipinski definition) is 4. The van der Waals surface area contributed by atoms with Crippen molar-refractivity contribution in [3.05, 3.63) is 23.9 Å². The molecule has 0 aliphatic carbocycles. The molecule has 0 saturated carbocycles. The van der Waals surface area contributed by atoms with Gasteiger partial charge >= 0.3 is 0 Å². The molecule has 1 N–H and O–H groups in total. The first-order valence-electron chi connectivity index (χ1n) is 4.35. The second-order valence-electron chi connectivity index (χ2n) is 3.05. The van der Waals surface area contributed by atoms with E-state index in [1.807, 2.05) is 0 Å². The van der Waals surface area contributed by atoms with Gasteiger partial charge in [-0.05, 0) is 11.6 Å². The van der Waals surface area contributed by atoms with E-state index >= 15 is 0 Å². The summed E-state index contributed by atoms with van der Waals surface area (Å²) in [5.41, 5.74) is -0.0835. The van der Waals surface area contributed by atoms with Crippen molar-refractivity contribution >= 4 is 17.5 Å². The number of halogens is 1. The molecule has 0 spiro atoms. The summed E-state index contributed by atoms with van der Waals surface area (Å²) in [6, 6.07) is 0. The molecule has 1 aliphatic rings. The number of hydrogen-bond donors (Lipinski definition) is 1. The van der Waals surface area contributed by atoms with E-state index in [9.17, 15) is 10.0 Å². The summed E-state index contributed by atoms with van der Waals surface area (Å²) < 4.78 is 0. The third-order valence-corrected chi connectivity index (χ3v) is 2.55. The number of carbonyl (C=O) groups excluding carboxylic acids is 1. The smallest absolute Gasteiger partial charge is 0.250 e. The van der Waals surface area contributed by atoms with E-state index in [2.05, 4.69) is 0 Å². The molecule has 84 valence electrons. The lowest BCUT2D eigenvalue weighted by molar-refractivity contribution is -0.168. The van der Waals surface area contributed by atoms with Crippen LogP contribution in [0.1, 0.15) is 6.42 Å². The monoisotopic (exact) mass is 232 g/mol. The zero-order chi connectivity index (χ0) is 11.4. The molecule has 0 aromatic heterocycles. The molecule has 5 nitrogen and oxygen atoms in total. The first-order chi connectivity index (χ1) is 7.06. The highest BCUT2D eigenvalue weighted by molar-refractivity contribution is 6.22. The summed E-state index contributed by atoms with van der Waals surface area (Å²) >= 11 is 5.87. The van der Waals surface area contributed by atoms with Gasteiger partial charge in [0.25, 0.3) is 0 Å². The van der Waals surface area contributed by atoms with E-state index in [-0.39, 0.29) is 12.3 Å². The van der Waals surface area contributed by atoms with Crippen LogP contribution in [0.4, 0.5) is 0 Å². The van der Waals surface area contributed by atoms with Crippen LogP contribution in [0.5, 0.6) is 0 Å². The zero-order valence-corrected chi connectivity index (χ0v) is 9.31. The lowest BCUT2D eigenvalue weighted by Crippen LogP contribution is -2.31. The molecule has 6 heteroatoms. The van der Waals surface area contributed by atoms with Gasteiger partial charge in [-0.15, -0.1) is 0 Å². The Labute approximate surface area is 93.1 Å². The van der Waals surface area contributed by atoms with E-state index in [1.54, 1.807) is 12.2 Å². The largest absolute Gasteiger partial charge is 0.287 e. The molecule has 0 bridgehead atoms. The van der Waals surface area contributed by atoms with Gasteiger partial charge in [0, 0.05) is 13.2 Å². The SMILES string of the molecule is CON(C)C(=O)CC1=CC=CN(O)C1Cl. The van der Waals surface area contributed by atoms with Crippen LogP contribution in [0, 0.1) is 0 Å². The molecule has 0 saturated heterocycles. The minimum absolute atomic E-state index is 0.111. The minimum atomic E-state index is -0.704. The Morgan fingerprint density at radius 1 is 1.80 bits per heavy atom. The van der Waals surface area contributed by atoms with Gasteiger partial charge in [0.1, 0.15) is 0 Å². The molecule has 1 aliphatic heterocycles.